The summed E-state index contributed by atoms with van der Waals surface area (Å²) in [5.41, 5.74) is 4.95. The predicted octanol–water partition coefficient (Wildman–Crippen LogP) is -1.00. The van der Waals surface area contributed by atoms with Gasteiger partial charge in [0.2, 0.25) is 11.8 Å². The van der Waals surface area contributed by atoms with Crippen molar-refractivity contribution in [3.05, 3.63) is 30.8 Å². The van der Waals surface area contributed by atoms with Crippen LogP contribution in [0, 0.1) is 6.42 Å². The molecule has 1 aromatic heterocycles. The molecule has 1 aliphatic rings. The minimum atomic E-state index is -3.87. The number of pyridine rings is 1. The van der Waals surface area contributed by atoms with E-state index in [1.807, 2.05) is 0 Å². The molecule has 2 amide bonds. The minimum absolute atomic E-state index is 0.125. The first-order valence-corrected chi connectivity index (χ1v) is 9.10. The number of aromatic nitrogens is 1. The Bertz CT molecular complexity index is 750. The molecule has 9 nitrogen and oxygen atoms in total. The van der Waals surface area contributed by atoms with E-state index in [1.54, 1.807) is 12.1 Å². The summed E-state index contributed by atoms with van der Waals surface area (Å²) in [4.78, 5) is 38.5. The van der Waals surface area contributed by atoms with Crippen molar-refractivity contribution in [3.8, 4) is 0 Å². The Morgan fingerprint density at radius 2 is 2.16 bits per heavy atom. The van der Waals surface area contributed by atoms with Crippen LogP contribution in [0.5, 0.6) is 0 Å². The van der Waals surface area contributed by atoms with Gasteiger partial charge in [-0.2, -0.15) is 4.31 Å². The normalized spacial score (nSPS) is 19.2. The van der Waals surface area contributed by atoms with E-state index in [9.17, 15) is 22.8 Å². The Kier molecular flexibility index (Phi) is 6.21. The molecule has 10 heteroatoms. The van der Waals surface area contributed by atoms with Crippen LogP contribution in [0.3, 0.4) is 0 Å². The number of carbonyl (C=O) groups is 3. The van der Waals surface area contributed by atoms with Gasteiger partial charge >= 0.3 is 0 Å². The van der Waals surface area contributed by atoms with E-state index in [0.717, 1.165) is 10.7 Å². The molecule has 1 radical (unpaired) electrons. The van der Waals surface area contributed by atoms with Crippen LogP contribution in [-0.2, 0) is 24.4 Å². The van der Waals surface area contributed by atoms with Crippen LogP contribution in [-0.4, -0.2) is 54.4 Å². The van der Waals surface area contributed by atoms with Crippen LogP contribution < -0.4 is 11.1 Å². The number of nitrogens with zero attached hydrogens (tertiary/aromatic N) is 2. The maximum Gasteiger partial charge on any atom is 0.260 e. The third-order valence-electron chi connectivity index (χ3n) is 3.67. The monoisotopic (exact) mass is 367 g/mol. The lowest BCUT2D eigenvalue weighted by atomic mass is 10.1. The fourth-order valence-corrected chi connectivity index (χ4v) is 3.79. The third kappa shape index (κ3) is 5.07. The lowest BCUT2D eigenvalue weighted by Crippen LogP contribution is -2.44. The number of ketones is 1. The number of sulfonamides is 1. The molecule has 1 fully saturated rings. The number of rotatable bonds is 6. The van der Waals surface area contributed by atoms with Gasteiger partial charge in [0.25, 0.3) is 10.0 Å². The highest BCUT2D eigenvalue weighted by atomic mass is 32.2. The van der Waals surface area contributed by atoms with Crippen LogP contribution in [0.2, 0.25) is 0 Å². The smallest absolute Gasteiger partial charge is 0.260 e. The van der Waals surface area contributed by atoms with E-state index in [1.165, 1.54) is 12.3 Å². The first-order valence-electron chi connectivity index (χ1n) is 7.66. The fourth-order valence-electron chi connectivity index (χ4n) is 2.41. The van der Waals surface area contributed by atoms with Crippen LogP contribution in [0.1, 0.15) is 19.3 Å². The summed E-state index contributed by atoms with van der Waals surface area (Å²) in [6, 6.07) is 3.71. The predicted molar refractivity (Wildman–Crippen MR) is 87.3 cm³/mol. The lowest BCUT2D eigenvalue weighted by molar-refractivity contribution is -0.126. The molecule has 0 bridgehead atoms. The molecule has 25 heavy (non-hydrogen) atoms. The highest BCUT2D eigenvalue weighted by molar-refractivity contribution is 7.89. The second-order valence-corrected chi connectivity index (χ2v) is 7.44. The number of Topliss-reactive ketones (excluding diaryl/α,β-unsaturated/α-hetero) is 1. The van der Waals surface area contributed by atoms with Gasteiger partial charge in [0.05, 0.1) is 19.0 Å². The summed E-state index contributed by atoms with van der Waals surface area (Å²) in [6.45, 7) is -0.193. The van der Waals surface area contributed by atoms with Crippen LogP contribution in [0.25, 0.3) is 0 Å². The van der Waals surface area contributed by atoms with Crippen molar-refractivity contribution in [1.82, 2.24) is 14.6 Å². The average molecular weight is 367 g/mol. The zero-order valence-electron chi connectivity index (χ0n) is 13.4. The van der Waals surface area contributed by atoms with Crippen molar-refractivity contribution in [1.29, 1.82) is 0 Å². The summed E-state index contributed by atoms with van der Waals surface area (Å²) in [5, 5.41) is 2.36. The Balaban J connectivity index is 2.03. The number of nitrogens with two attached hydrogens (primary N) is 1. The quantitative estimate of drug-likeness (QED) is 0.661. The van der Waals surface area contributed by atoms with Crippen molar-refractivity contribution >= 4 is 27.6 Å². The lowest BCUT2D eigenvalue weighted by Gasteiger charge is -2.19. The van der Waals surface area contributed by atoms with E-state index in [0.29, 0.717) is 12.8 Å². The molecule has 1 aromatic rings. The highest BCUT2D eigenvalue weighted by Crippen LogP contribution is 2.17. The summed E-state index contributed by atoms with van der Waals surface area (Å²) < 4.78 is 26.2. The summed E-state index contributed by atoms with van der Waals surface area (Å²) in [7, 11) is -3.87. The second kappa shape index (κ2) is 8.17. The molecule has 1 aliphatic heterocycles. The summed E-state index contributed by atoms with van der Waals surface area (Å²) >= 11 is 0. The Morgan fingerprint density at radius 3 is 2.80 bits per heavy atom. The van der Waals surface area contributed by atoms with E-state index >= 15 is 0 Å². The fraction of sp³-hybridized carbons (Fsp3) is 0.400. The van der Waals surface area contributed by atoms with Crippen LogP contribution in [0.15, 0.2) is 29.4 Å². The van der Waals surface area contributed by atoms with Gasteiger partial charge in [-0.3, -0.25) is 14.4 Å². The van der Waals surface area contributed by atoms with Gasteiger partial charge in [-0.25, -0.2) is 13.4 Å². The van der Waals surface area contributed by atoms with Crippen molar-refractivity contribution < 1.29 is 22.8 Å². The van der Waals surface area contributed by atoms with E-state index in [4.69, 9.17) is 5.73 Å². The first kappa shape index (κ1) is 19.0. The van der Waals surface area contributed by atoms with Crippen molar-refractivity contribution in [2.75, 3.05) is 13.1 Å². The summed E-state index contributed by atoms with van der Waals surface area (Å²) in [5.74, 6) is -1.66. The Hall–Kier alpha value is -2.33. The molecule has 0 saturated carbocycles. The Labute approximate surface area is 145 Å². The largest absolute Gasteiger partial charge is 0.370 e. The maximum absolute atomic E-state index is 12.6. The van der Waals surface area contributed by atoms with Crippen molar-refractivity contribution in [2.45, 2.75) is 30.3 Å². The van der Waals surface area contributed by atoms with Crippen LogP contribution >= 0.6 is 0 Å². The van der Waals surface area contributed by atoms with Gasteiger partial charge in [0.1, 0.15) is 0 Å². The van der Waals surface area contributed by atoms with E-state index in [2.05, 4.69) is 10.3 Å². The SMILES string of the molecule is NC(=O)C[CH]C(=O)N[C@H]1CCCN(S(=O)(=O)c2ccccn2)CC1=O. The van der Waals surface area contributed by atoms with Gasteiger partial charge < -0.3 is 11.1 Å². The van der Waals surface area contributed by atoms with E-state index < -0.39 is 33.7 Å². The molecule has 1 saturated heterocycles. The van der Waals surface area contributed by atoms with Gasteiger partial charge in [-0.1, -0.05) is 6.07 Å². The molecule has 2 rings (SSSR count). The van der Waals surface area contributed by atoms with E-state index in [-0.39, 0.29) is 24.5 Å². The molecule has 2 heterocycles. The summed E-state index contributed by atoms with van der Waals surface area (Å²) in [6.07, 6.45) is 2.90. The van der Waals surface area contributed by atoms with Gasteiger partial charge in [0, 0.05) is 19.2 Å². The van der Waals surface area contributed by atoms with Crippen molar-refractivity contribution in [3.63, 3.8) is 0 Å². The number of hydrogen-bond donors (Lipinski definition) is 2. The molecule has 135 valence electrons. The maximum atomic E-state index is 12.6. The molecule has 0 aromatic carbocycles. The molecule has 0 unspecified atom stereocenters. The zero-order chi connectivity index (χ0) is 18.4. The molecule has 0 aliphatic carbocycles. The minimum Gasteiger partial charge on any atom is -0.370 e. The molecular formula is C15H19N4O5S. The topological polar surface area (TPSA) is 140 Å². The number of nitrogens with one attached hydrogen (secondary N) is 1. The van der Waals surface area contributed by atoms with Crippen LogP contribution in [0.4, 0.5) is 0 Å². The average Bonchev–Trinajstić information content (AvgIpc) is 2.76. The molecule has 0 spiro atoms. The third-order valence-corrected chi connectivity index (χ3v) is 5.43. The number of hydrogen-bond acceptors (Lipinski definition) is 6. The van der Waals surface area contributed by atoms with Gasteiger partial charge in [-0.05, 0) is 25.0 Å². The number of carbonyl (C=O) groups excluding carboxylic acids is 3. The van der Waals surface area contributed by atoms with Crippen molar-refractivity contribution in [2.24, 2.45) is 5.73 Å². The number of amides is 2. The first-order chi connectivity index (χ1) is 11.8. The zero-order valence-corrected chi connectivity index (χ0v) is 14.2. The standard InChI is InChI=1S/C15H19N4O5S/c16-13(21)6-7-14(22)18-11-4-3-9-19(10-12(11)20)25(23,24)15-5-1-2-8-17-15/h1-2,5,7-8,11H,3-4,6,9-10H2,(H2,16,21)(H,18,22)/t11-/m0/s1. The second-order valence-electron chi connectivity index (χ2n) is 5.55. The van der Waals surface area contributed by atoms with Gasteiger partial charge in [0.15, 0.2) is 10.8 Å². The molecule has 1 atom stereocenters. The number of primary amides is 1. The Morgan fingerprint density at radius 1 is 1.40 bits per heavy atom. The highest BCUT2D eigenvalue weighted by Gasteiger charge is 2.33. The van der Waals surface area contributed by atoms with Gasteiger partial charge in [-0.15, -0.1) is 0 Å². The molecular weight excluding hydrogens is 348 g/mol. The molecule has 3 N–H and O–H groups in total.